The molecule has 0 saturated heterocycles. The Kier molecular flexibility index (Phi) is 3.04. The van der Waals surface area contributed by atoms with E-state index in [1.165, 1.54) is 29.1 Å². The van der Waals surface area contributed by atoms with E-state index in [0.29, 0.717) is 16.4 Å². The van der Waals surface area contributed by atoms with E-state index in [1.54, 1.807) is 7.05 Å². The number of aliphatic hydroxyl groups is 1. The molecule has 0 spiro atoms. The van der Waals surface area contributed by atoms with Crippen LogP contribution in [-0.4, -0.2) is 14.9 Å². The summed E-state index contributed by atoms with van der Waals surface area (Å²) in [7, 11) is 1.64. The molecule has 0 aliphatic rings. The Morgan fingerprint density at radius 3 is 2.82 bits per heavy atom. The first-order chi connectivity index (χ1) is 8.00. The molecular formula is C11H11ClFN3O. The average Bonchev–Trinajstić information content (AvgIpc) is 2.61. The van der Waals surface area contributed by atoms with Gasteiger partial charge in [0, 0.05) is 18.3 Å². The zero-order chi connectivity index (χ0) is 12.6. The third kappa shape index (κ3) is 2.11. The van der Waals surface area contributed by atoms with Gasteiger partial charge >= 0.3 is 0 Å². The summed E-state index contributed by atoms with van der Waals surface area (Å²) in [4.78, 5) is 0. The molecule has 0 bridgehead atoms. The Morgan fingerprint density at radius 2 is 2.24 bits per heavy atom. The van der Waals surface area contributed by atoms with E-state index >= 15 is 0 Å². The van der Waals surface area contributed by atoms with Crippen molar-refractivity contribution in [2.24, 2.45) is 7.05 Å². The molecule has 2 rings (SSSR count). The summed E-state index contributed by atoms with van der Waals surface area (Å²) in [5.74, 6) is -0.466. The summed E-state index contributed by atoms with van der Waals surface area (Å²) in [6.07, 6.45) is 0.306. The third-order valence-electron chi connectivity index (χ3n) is 2.54. The fourth-order valence-electron chi connectivity index (χ4n) is 1.66. The maximum atomic E-state index is 13.1. The Bertz CT molecular complexity index is 536. The van der Waals surface area contributed by atoms with Gasteiger partial charge in [-0.15, -0.1) is 0 Å². The molecule has 1 unspecified atom stereocenters. The van der Waals surface area contributed by atoms with Crippen molar-refractivity contribution in [2.75, 3.05) is 5.73 Å². The molecule has 3 N–H and O–H groups in total. The van der Waals surface area contributed by atoms with Gasteiger partial charge in [0.15, 0.2) is 0 Å². The first kappa shape index (κ1) is 11.9. The maximum absolute atomic E-state index is 13.1. The number of aryl methyl sites for hydroxylation is 1. The van der Waals surface area contributed by atoms with Gasteiger partial charge < -0.3 is 10.8 Å². The average molecular weight is 256 g/mol. The molecular weight excluding hydrogens is 245 g/mol. The van der Waals surface area contributed by atoms with Crippen LogP contribution in [0.2, 0.25) is 5.02 Å². The number of anilines is 1. The summed E-state index contributed by atoms with van der Waals surface area (Å²) in [5.41, 5.74) is 6.65. The number of hydrogen-bond acceptors (Lipinski definition) is 3. The number of nitrogen functional groups attached to an aromatic ring is 1. The lowest BCUT2D eigenvalue weighted by atomic mass is 10.0. The number of hydrogen-bond donors (Lipinski definition) is 2. The van der Waals surface area contributed by atoms with Crippen LogP contribution in [0.3, 0.4) is 0 Å². The van der Waals surface area contributed by atoms with Crippen LogP contribution in [0.15, 0.2) is 24.4 Å². The summed E-state index contributed by atoms with van der Waals surface area (Å²) in [5, 5.41) is 14.4. The second kappa shape index (κ2) is 4.35. The quantitative estimate of drug-likeness (QED) is 0.806. The number of rotatable bonds is 2. The van der Waals surface area contributed by atoms with Crippen LogP contribution in [0.5, 0.6) is 0 Å². The van der Waals surface area contributed by atoms with Crippen LogP contribution in [0.1, 0.15) is 17.4 Å². The van der Waals surface area contributed by atoms with Crippen LogP contribution in [0.4, 0.5) is 10.1 Å². The van der Waals surface area contributed by atoms with Crippen LogP contribution in [0.25, 0.3) is 0 Å². The standard InChI is InChI=1S/C11H11ClFN3O/c1-16-10(8(12)5-15-16)11(17)7-4-6(13)2-3-9(7)14/h2-5,11,17H,14H2,1H3. The van der Waals surface area contributed by atoms with Crippen molar-refractivity contribution in [3.8, 4) is 0 Å². The molecule has 1 heterocycles. The van der Waals surface area contributed by atoms with Gasteiger partial charge in [0.25, 0.3) is 0 Å². The normalized spacial score (nSPS) is 12.7. The molecule has 0 fully saturated rings. The number of benzene rings is 1. The Morgan fingerprint density at radius 1 is 1.53 bits per heavy atom. The molecule has 0 aliphatic carbocycles. The highest BCUT2D eigenvalue weighted by Crippen LogP contribution is 2.31. The molecule has 1 aromatic carbocycles. The van der Waals surface area contributed by atoms with Crippen LogP contribution < -0.4 is 5.73 Å². The Balaban J connectivity index is 2.50. The minimum Gasteiger partial charge on any atom is -0.398 e. The van der Waals surface area contributed by atoms with E-state index in [4.69, 9.17) is 17.3 Å². The smallest absolute Gasteiger partial charge is 0.124 e. The Labute approximate surface area is 102 Å². The lowest BCUT2D eigenvalue weighted by molar-refractivity contribution is 0.210. The van der Waals surface area contributed by atoms with Crippen LogP contribution in [0, 0.1) is 5.82 Å². The highest BCUT2D eigenvalue weighted by Gasteiger charge is 2.20. The molecule has 0 aliphatic heterocycles. The highest BCUT2D eigenvalue weighted by atomic mass is 35.5. The molecule has 1 atom stereocenters. The topological polar surface area (TPSA) is 64.1 Å². The van der Waals surface area contributed by atoms with E-state index in [9.17, 15) is 9.50 Å². The zero-order valence-electron chi connectivity index (χ0n) is 9.06. The van der Waals surface area contributed by atoms with Crippen molar-refractivity contribution >= 4 is 17.3 Å². The van der Waals surface area contributed by atoms with Gasteiger partial charge in [-0.3, -0.25) is 4.68 Å². The summed E-state index contributed by atoms with van der Waals surface area (Å²) >= 11 is 5.90. The lowest BCUT2D eigenvalue weighted by Gasteiger charge is -2.14. The molecule has 0 amide bonds. The fourth-order valence-corrected chi connectivity index (χ4v) is 1.93. The number of aliphatic hydroxyl groups excluding tert-OH is 1. The highest BCUT2D eigenvalue weighted by molar-refractivity contribution is 6.31. The van der Waals surface area contributed by atoms with Gasteiger partial charge in [0.05, 0.1) is 16.9 Å². The van der Waals surface area contributed by atoms with Gasteiger partial charge in [-0.1, -0.05) is 11.6 Å². The van der Waals surface area contributed by atoms with E-state index < -0.39 is 11.9 Å². The van der Waals surface area contributed by atoms with Crippen LogP contribution in [-0.2, 0) is 7.05 Å². The first-order valence-electron chi connectivity index (χ1n) is 4.91. The molecule has 0 radical (unpaired) electrons. The summed E-state index contributed by atoms with van der Waals surface area (Å²) < 4.78 is 14.6. The van der Waals surface area contributed by atoms with Crippen molar-refractivity contribution in [3.63, 3.8) is 0 Å². The van der Waals surface area contributed by atoms with E-state index in [0.717, 1.165) is 0 Å². The van der Waals surface area contributed by atoms with E-state index in [-0.39, 0.29) is 5.56 Å². The molecule has 17 heavy (non-hydrogen) atoms. The molecule has 90 valence electrons. The van der Waals surface area contributed by atoms with Gasteiger partial charge in [-0.2, -0.15) is 5.10 Å². The molecule has 2 aromatic rings. The lowest BCUT2D eigenvalue weighted by Crippen LogP contribution is -2.09. The number of aromatic nitrogens is 2. The van der Waals surface area contributed by atoms with Gasteiger partial charge in [-0.25, -0.2) is 4.39 Å². The van der Waals surface area contributed by atoms with E-state index in [2.05, 4.69) is 5.10 Å². The fraction of sp³-hybridized carbons (Fsp3) is 0.182. The predicted molar refractivity (Wildman–Crippen MR) is 63.1 cm³/mol. The molecule has 6 heteroatoms. The van der Waals surface area contributed by atoms with Gasteiger partial charge in [0.2, 0.25) is 0 Å². The van der Waals surface area contributed by atoms with Gasteiger partial charge in [-0.05, 0) is 18.2 Å². The monoisotopic (exact) mass is 255 g/mol. The maximum Gasteiger partial charge on any atom is 0.124 e. The minimum absolute atomic E-state index is 0.274. The number of nitrogens with zero attached hydrogens (tertiary/aromatic N) is 2. The predicted octanol–water partition coefficient (Wildman–Crippen LogP) is 1.88. The molecule has 4 nitrogen and oxygen atoms in total. The summed E-state index contributed by atoms with van der Waals surface area (Å²) in [6, 6.07) is 3.82. The van der Waals surface area contributed by atoms with E-state index in [1.807, 2.05) is 0 Å². The zero-order valence-corrected chi connectivity index (χ0v) is 9.82. The van der Waals surface area contributed by atoms with Crippen molar-refractivity contribution < 1.29 is 9.50 Å². The summed E-state index contributed by atoms with van der Waals surface area (Å²) in [6.45, 7) is 0. The van der Waals surface area contributed by atoms with Crippen molar-refractivity contribution in [2.45, 2.75) is 6.10 Å². The van der Waals surface area contributed by atoms with Gasteiger partial charge in [0.1, 0.15) is 11.9 Å². The SMILES string of the molecule is Cn1ncc(Cl)c1C(O)c1cc(F)ccc1N. The molecule has 0 saturated carbocycles. The van der Waals surface area contributed by atoms with Crippen molar-refractivity contribution in [1.82, 2.24) is 9.78 Å². The second-order valence-corrected chi connectivity index (χ2v) is 4.08. The minimum atomic E-state index is -1.11. The van der Waals surface area contributed by atoms with Crippen molar-refractivity contribution in [3.05, 3.63) is 46.5 Å². The number of nitrogens with two attached hydrogens (primary N) is 1. The second-order valence-electron chi connectivity index (χ2n) is 3.68. The first-order valence-corrected chi connectivity index (χ1v) is 5.29. The van der Waals surface area contributed by atoms with Crippen LogP contribution >= 0.6 is 11.6 Å². The third-order valence-corrected chi connectivity index (χ3v) is 2.83. The largest absolute Gasteiger partial charge is 0.398 e. The molecule has 1 aromatic heterocycles. The Hall–Kier alpha value is -1.59. The van der Waals surface area contributed by atoms with Crippen molar-refractivity contribution in [1.29, 1.82) is 0 Å². The number of halogens is 2.